The lowest BCUT2D eigenvalue weighted by Gasteiger charge is -2.02. The monoisotopic (exact) mass is 281 g/mol. The van der Waals surface area contributed by atoms with Crippen LogP contribution in [0.4, 0.5) is 5.13 Å². The summed E-state index contributed by atoms with van der Waals surface area (Å²) in [6, 6.07) is 0. The summed E-state index contributed by atoms with van der Waals surface area (Å²) in [6.45, 7) is 4.87. The van der Waals surface area contributed by atoms with Crippen molar-refractivity contribution in [3.8, 4) is 0 Å². The normalized spacial score (nSPS) is 10.6. The Hall–Kier alpha value is -1.96. The van der Waals surface area contributed by atoms with Gasteiger partial charge in [-0.15, -0.1) is 10.2 Å². The van der Waals surface area contributed by atoms with Crippen molar-refractivity contribution in [3.05, 3.63) is 37.6 Å². The zero-order valence-corrected chi connectivity index (χ0v) is 11.6. The van der Waals surface area contributed by atoms with Crippen molar-refractivity contribution in [1.82, 2.24) is 19.7 Å². The maximum absolute atomic E-state index is 11.6. The molecule has 7 nitrogen and oxygen atoms in total. The van der Waals surface area contributed by atoms with Crippen molar-refractivity contribution in [3.63, 3.8) is 0 Å². The molecule has 0 aromatic carbocycles. The van der Waals surface area contributed by atoms with E-state index in [0.29, 0.717) is 17.1 Å². The standard InChI is InChI=1S/C11H15N5O2S/c1-3-4-12-10-15-14-8(19-10)6-16-5-7(2)9(17)13-11(16)18/h5H,3-4,6H2,1-2H3,(H,12,15)(H,13,17,18). The average molecular weight is 281 g/mol. The molecule has 8 heteroatoms. The molecule has 0 aliphatic heterocycles. The number of hydrogen-bond donors (Lipinski definition) is 2. The summed E-state index contributed by atoms with van der Waals surface area (Å²) in [5.41, 5.74) is -0.300. The lowest BCUT2D eigenvalue weighted by atomic mass is 10.4. The van der Waals surface area contributed by atoms with Crippen LogP contribution in [0.3, 0.4) is 0 Å². The minimum absolute atomic E-state index is 0.307. The Morgan fingerprint density at radius 1 is 1.42 bits per heavy atom. The van der Waals surface area contributed by atoms with Gasteiger partial charge in [0.15, 0.2) is 0 Å². The van der Waals surface area contributed by atoms with E-state index in [1.165, 1.54) is 22.1 Å². The van der Waals surface area contributed by atoms with Gasteiger partial charge < -0.3 is 5.32 Å². The van der Waals surface area contributed by atoms with E-state index >= 15 is 0 Å². The van der Waals surface area contributed by atoms with Gasteiger partial charge in [0, 0.05) is 18.3 Å². The summed E-state index contributed by atoms with van der Waals surface area (Å²) in [5.74, 6) is 0. The van der Waals surface area contributed by atoms with Gasteiger partial charge in [0.05, 0.1) is 6.54 Å². The number of aromatic amines is 1. The molecule has 0 aliphatic carbocycles. The minimum Gasteiger partial charge on any atom is -0.360 e. The van der Waals surface area contributed by atoms with E-state index in [1.807, 2.05) is 0 Å². The lowest BCUT2D eigenvalue weighted by Crippen LogP contribution is -2.31. The van der Waals surface area contributed by atoms with E-state index in [1.54, 1.807) is 6.92 Å². The molecule has 0 amide bonds. The first-order valence-corrected chi connectivity index (χ1v) is 6.78. The third kappa shape index (κ3) is 3.28. The molecule has 2 aromatic heterocycles. The fourth-order valence-electron chi connectivity index (χ4n) is 1.50. The number of nitrogens with zero attached hydrogens (tertiary/aromatic N) is 3. The molecule has 2 heterocycles. The van der Waals surface area contributed by atoms with Gasteiger partial charge in [-0.3, -0.25) is 14.3 Å². The van der Waals surface area contributed by atoms with Crippen LogP contribution in [0.15, 0.2) is 15.8 Å². The second-order valence-electron chi connectivity index (χ2n) is 4.13. The van der Waals surface area contributed by atoms with Gasteiger partial charge >= 0.3 is 5.69 Å². The second-order valence-corrected chi connectivity index (χ2v) is 5.19. The Morgan fingerprint density at radius 2 is 2.21 bits per heavy atom. The molecule has 0 aliphatic rings. The van der Waals surface area contributed by atoms with Crippen LogP contribution in [-0.4, -0.2) is 26.3 Å². The molecule has 0 atom stereocenters. The van der Waals surface area contributed by atoms with Crippen LogP contribution in [0.5, 0.6) is 0 Å². The summed E-state index contributed by atoms with van der Waals surface area (Å²) >= 11 is 1.40. The quantitative estimate of drug-likeness (QED) is 0.835. The Balaban J connectivity index is 2.17. The Labute approximate surface area is 113 Å². The Morgan fingerprint density at radius 3 is 2.95 bits per heavy atom. The summed E-state index contributed by atoms with van der Waals surface area (Å²) in [6.07, 6.45) is 2.54. The van der Waals surface area contributed by atoms with E-state index in [9.17, 15) is 9.59 Å². The third-order valence-corrected chi connectivity index (χ3v) is 3.35. The largest absolute Gasteiger partial charge is 0.360 e. The third-order valence-electron chi connectivity index (χ3n) is 2.49. The number of nitrogens with one attached hydrogen (secondary N) is 2. The summed E-state index contributed by atoms with van der Waals surface area (Å²) in [7, 11) is 0. The maximum Gasteiger partial charge on any atom is 0.328 e. The van der Waals surface area contributed by atoms with Crippen LogP contribution >= 0.6 is 11.3 Å². The fourth-order valence-corrected chi connectivity index (χ4v) is 2.27. The molecule has 19 heavy (non-hydrogen) atoms. The molecule has 2 rings (SSSR count). The van der Waals surface area contributed by atoms with Crippen LogP contribution in [0.2, 0.25) is 0 Å². The van der Waals surface area contributed by atoms with E-state index in [2.05, 4.69) is 27.4 Å². The first kappa shape index (κ1) is 13.5. The number of anilines is 1. The van der Waals surface area contributed by atoms with E-state index < -0.39 is 5.69 Å². The zero-order valence-electron chi connectivity index (χ0n) is 10.8. The van der Waals surface area contributed by atoms with Crippen LogP contribution < -0.4 is 16.6 Å². The van der Waals surface area contributed by atoms with E-state index in [-0.39, 0.29) is 5.56 Å². The van der Waals surface area contributed by atoms with Crippen LogP contribution in [0.1, 0.15) is 23.9 Å². The molecule has 0 unspecified atom stereocenters. The van der Waals surface area contributed by atoms with Crippen LogP contribution in [0, 0.1) is 6.92 Å². The Bertz CT molecular complexity index is 672. The zero-order chi connectivity index (χ0) is 13.8. The molecule has 2 N–H and O–H groups in total. The minimum atomic E-state index is -0.436. The topological polar surface area (TPSA) is 92.7 Å². The maximum atomic E-state index is 11.6. The van der Waals surface area contributed by atoms with Gasteiger partial charge in [0.1, 0.15) is 5.01 Å². The second kappa shape index (κ2) is 5.79. The highest BCUT2D eigenvalue weighted by molar-refractivity contribution is 7.15. The van der Waals surface area contributed by atoms with Crippen molar-refractivity contribution in [2.24, 2.45) is 0 Å². The molecule has 0 radical (unpaired) electrons. The molecule has 0 saturated carbocycles. The molecule has 0 fully saturated rings. The van der Waals surface area contributed by atoms with Crippen molar-refractivity contribution < 1.29 is 0 Å². The molecule has 2 aromatic rings. The predicted molar refractivity (Wildman–Crippen MR) is 73.9 cm³/mol. The molecule has 0 bridgehead atoms. The molecular formula is C11H15N5O2S. The van der Waals surface area contributed by atoms with Crippen molar-refractivity contribution in [2.75, 3.05) is 11.9 Å². The summed E-state index contributed by atoms with van der Waals surface area (Å²) < 4.78 is 1.42. The van der Waals surface area contributed by atoms with Crippen molar-refractivity contribution >= 4 is 16.5 Å². The van der Waals surface area contributed by atoms with E-state index in [4.69, 9.17) is 0 Å². The highest BCUT2D eigenvalue weighted by Crippen LogP contribution is 2.15. The molecular weight excluding hydrogens is 266 g/mol. The smallest absolute Gasteiger partial charge is 0.328 e. The number of hydrogen-bond acceptors (Lipinski definition) is 6. The van der Waals surface area contributed by atoms with Gasteiger partial charge in [-0.05, 0) is 13.3 Å². The van der Waals surface area contributed by atoms with Gasteiger partial charge in [0.25, 0.3) is 5.56 Å². The number of rotatable bonds is 5. The number of H-pyrrole nitrogens is 1. The van der Waals surface area contributed by atoms with Crippen LogP contribution in [0.25, 0.3) is 0 Å². The van der Waals surface area contributed by atoms with Crippen molar-refractivity contribution in [1.29, 1.82) is 0 Å². The van der Waals surface area contributed by atoms with Gasteiger partial charge in [0.2, 0.25) is 5.13 Å². The van der Waals surface area contributed by atoms with Gasteiger partial charge in [-0.1, -0.05) is 18.3 Å². The average Bonchev–Trinajstić information content (AvgIpc) is 2.81. The predicted octanol–water partition coefficient (Wildman–Crippen LogP) is 0.567. The SMILES string of the molecule is CCCNc1nnc(Cn2cc(C)c(=O)[nH]c2=O)s1. The lowest BCUT2D eigenvalue weighted by molar-refractivity contribution is 0.703. The first-order valence-electron chi connectivity index (χ1n) is 5.96. The number of aromatic nitrogens is 4. The van der Waals surface area contributed by atoms with Crippen LogP contribution in [-0.2, 0) is 6.54 Å². The highest BCUT2D eigenvalue weighted by atomic mass is 32.1. The summed E-state index contributed by atoms with van der Waals surface area (Å²) in [4.78, 5) is 25.1. The van der Waals surface area contributed by atoms with E-state index in [0.717, 1.165) is 18.1 Å². The Kier molecular flexibility index (Phi) is 4.10. The molecule has 102 valence electrons. The summed E-state index contributed by atoms with van der Waals surface area (Å²) in [5, 5.41) is 12.6. The first-order chi connectivity index (χ1) is 9.10. The van der Waals surface area contributed by atoms with Gasteiger partial charge in [-0.2, -0.15) is 0 Å². The number of aryl methyl sites for hydroxylation is 1. The highest BCUT2D eigenvalue weighted by Gasteiger charge is 2.07. The molecule has 0 saturated heterocycles. The fraction of sp³-hybridized carbons (Fsp3) is 0.455. The van der Waals surface area contributed by atoms with Crippen molar-refractivity contribution in [2.45, 2.75) is 26.8 Å². The molecule has 0 spiro atoms. The van der Waals surface area contributed by atoms with Gasteiger partial charge in [-0.25, -0.2) is 4.79 Å².